The number of rotatable bonds is 0. The number of allylic oxidation sites excluding steroid dienone is 1. The second-order valence-corrected chi connectivity index (χ2v) is 12.7. The summed E-state index contributed by atoms with van der Waals surface area (Å²) in [5.74, 6) is -0.175. The quantitative estimate of drug-likeness (QED) is 0.598. The lowest BCUT2D eigenvalue weighted by atomic mass is 9.33. The van der Waals surface area contributed by atoms with Gasteiger partial charge in [0, 0.05) is 33.7 Å². The first-order chi connectivity index (χ1) is 14.3. The van der Waals surface area contributed by atoms with Crippen LogP contribution in [-0.2, 0) is 23.9 Å². The van der Waals surface area contributed by atoms with E-state index < -0.39 is 50.3 Å². The molecule has 0 aromatic heterocycles. The molecule has 0 amide bonds. The molecule has 2 heterocycles. The van der Waals surface area contributed by atoms with E-state index in [1.807, 2.05) is 33.8 Å². The van der Waals surface area contributed by atoms with Crippen molar-refractivity contribution in [2.24, 2.45) is 38.4 Å². The minimum Gasteiger partial charge on any atom is -0.461 e. The Morgan fingerprint density at radius 3 is 2.52 bits per heavy atom. The van der Waals surface area contributed by atoms with Crippen molar-refractivity contribution >= 4 is 17.5 Å². The van der Waals surface area contributed by atoms with Crippen molar-refractivity contribution in [1.82, 2.24) is 0 Å². The predicted octanol–water partition coefficient (Wildman–Crippen LogP) is 2.37. The topological polar surface area (TPSA) is 89.9 Å². The van der Waals surface area contributed by atoms with E-state index in [0.717, 1.165) is 6.42 Å². The van der Waals surface area contributed by atoms with Crippen molar-refractivity contribution in [3.05, 3.63) is 11.6 Å². The van der Waals surface area contributed by atoms with Gasteiger partial charge in [0.2, 0.25) is 0 Å². The van der Waals surface area contributed by atoms with Gasteiger partial charge in [-0.2, -0.15) is 0 Å². The van der Waals surface area contributed by atoms with Gasteiger partial charge >= 0.3 is 5.97 Å². The average Bonchev–Trinajstić information content (AvgIpc) is 3.19. The van der Waals surface area contributed by atoms with E-state index in [2.05, 4.69) is 6.92 Å². The van der Waals surface area contributed by atoms with Gasteiger partial charge in [-0.15, -0.1) is 0 Å². The summed E-state index contributed by atoms with van der Waals surface area (Å²) in [4.78, 5) is 40.2. The fourth-order valence-corrected chi connectivity index (χ4v) is 10.8. The number of hydrogen-bond acceptors (Lipinski definition) is 6. The molecule has 6 aliphatic carbocycles. The van der Waals surface area contributed by atoms with Gasteiger partial charge in [0.25, 0.3) is 0 Å². The van der Waals surface area contributed by atoms with Crippen LogP contribution in [0.1, 0.15) is 60.3 Å². The van der Waals surface area contributed by atoms with Crippen molar-refractivity contribution in [2.45, 2.75) is 78.1 Å². The van der Waals surface area contributed by atoms with Crippen LogP contribution < -0.4 is 0 Å². The highest BCUT2D eigenvalue weighted by atomic mass is 16.5. The molecule has 2 aliphatic heterocycles. The summed E-state index contributed by atoms with van der Waals surface area (Å²) >= 11 is 0. The van der Waals surface area contributed by atoms with E-state index >= 15 is 0 Å². The number of ether oxygens (including phenoxy) is 2. The molecule has 6 nitrogen and oxygen atoms in total. The van der Waals surface area contributed by atoms with Crippen LogP contribution in [0.15, 0.2) is 11.6 Å². The normalized spacial score (nSPS) is 61.8. The first-order valence-electron chi connectivity index (χ1n) is 11.7. The Bertz CT molecular complexity index is 1070. The standard InChI is InChI=1S/C25H30O6/c1-19(2)13-6-7-23-10-20(3)9-12-16(27)30-11-24(12,23)22(5,17(20)28)18-25(23,29)21(13,4)15(31-18)8-14(19)26/h9,13,15,18,29H,6-8,10-11H2,1-5H3/t13-,15-,18+,20+,21+,22+,23+,24+,25+/m0/s1. The molecule has 2 spiro atoms. The molecule has 6 fully saturated rings. The smallest absolute Gasteiger partial charge is 0.334 e. The van der Waals surface area contributed by atoms with Crippen molar-refractivity contribution in [1.29, 1.82) is 0 Å². The number of hydrogen-bond donors (Lipinski definition) is 1. The fraction of sp³-hybridized carbons (Fsp3) is 0.800. The molecular formula is C25H30O6. The summed E-state index contributed by atoms with van der Waals surface area (Å²) in [7, 11) is 0. The number of carbonyl (C=O) groups excluding carboxylic acids is 3. The maximum absolute atomic E-state index is 14.1. The molecule has 0 aromatic rings. The Kier molecular flexibility index (Phi) is 2.73. The third-order valence-electron chi connectivity index (χ3n) is 11.9. The largest absolute Gasteiger partial charge is 0.461 e. The minimum atomic E-state index is -1.30. The maximum Gasteiger partial charge on any atom is 0.334 e. The molecule has 4 bridgehead atoms. The van der Waals surface area contributed by atoms with Gasteiger partial charge in [-0.25, -0.2) is 4.79 Å². The first-order valence-corrected chi connectivity index (χ1v) is 11.7. The van der Waals surface area contributed by atoms with Crippen molar-refractivity contribution in [3.8, 4) is 0 Å². The molecule has 0 aromatic carbocycles. The molecule has 8 aliphatic rings. The number of esters is 1. The number of cyclic esters (lactones) is 1. The van der Waals surface area contributed by atoms with Gasteiger partial charge in [0.1, 0.15) is 24.1 Å². The van der Waals surface area contributed by atoms with Crippen LogP contribution in [0.25, 0.3) is 0 Å². The molecule has 9 atom stereocenters. The van der Waals surface area contributed by atoms with E-state index in [4.69, 9.17) is 9.47 Å². The van der Waals surface area contributed by atoms with E-state index in [1.54, 1.807) is 0 Å². The maximum atomic E-state index is 14.1. The molecule has 8 rings (SSSR count). The van der Waals surface area contributed by atoms with Gasteiger partial charge in [-0.05, 0) is 39.0 Å². The Morgan fingerprint density at radius 1 is 1.10 bits per heavy atom. The molecule has 0 radical (unpaired) electrons. The van der Waals surface area contributed by atoms with Gasteiger partial charge in [-0.3, -0.25) is 9.59 Å². The number of Topliss-reactive ketones (excluding diaryl/α,β-unsaturated/α-hetero) is 2. The number of aliphatic hydroxyl groups is 1. The van der Waals surface area contributed by atoms with Gasteiger partial charge in [0.15, 0.2) is 5.78 Å². The third kappa shape index (κ3) is 1.31. The molecule has 31 heavy (non-hydrogen) atoms. The van der Waals surface area contributed by atoms with Crippen LogP contribution in [0.3, 0.4) is 0 Å². The third-order valence-corrected chi connectivity index (χ3v) is 11.9. The lowest BCUT2D eigenvalue weighted by Gasteiger charge is -2.69. The lowest BCUT2D eigenvalue weighted by Crippen LogP contribution is -2.74. The molecule has 4 saturated carbocycles. The zero-order valence-electron chi connectivity index (χ0n) is 18.8. The van der Waals surface area contributed by atoms with Gasteiger partial charge in [0.05, 0.1) is 16.9 Å². The first kappa shape index (κ1) is 19.0. The summed E-state index contributed by atoms with van der Waals surface area (Å²) in [5.41, 5.74) is -5.39. The van der Waals surface area contributed by atoms with E-state index in [1.165, 1.54) is 0 Å². The van der Waals surface area contributed by atoms with E-state index in [0.29, 0.717) is 18.4 Å². The van der Waals surface area contributed by atoms with Crippen LogP contribution in [0.5, 0.6) is 0 Å². The molecular weight excluding hydrogens is 396 g/mol. The Hall–Kier alpha value is -1.53. The minimum absolute atomic E-state index is 0.0434. The highest BCUT2D eigenvalue weighted by Gasteiger charge is 2.97. The zero-order valence-corrected chi connectivity index (χ0v) is 18.8. The highest BCUT2D eigenvalue weighted by Crippen LogP contribution is 2.89. The van der Waals surface area contributed by atoms with Crippen LogP contribution >= 0.6 is 0 Å². The number of ketones is 2. The van der Waals surface area contributed by atoms with Crippen LogP contribution in [0.2, 0.25) is 0 Å². The monoisotopic (exact) mass is 426 g/mol. The van der Waals surface area contributed by atoms with E-state index in [-0.39, 0.29) is 36.5 Å². The van der Waals surface area contributed by atoms with Crippen LogP contribution in [-0.4, -0.2) is 47.1 Å². The molecule has 1 N–H and O–H groups in total. The SMILES string of the molecule is CC1(C)C(=O)C[C@@H]2O[C@H]3[C@@]4(O)[C@]2(C)[C@H]1CC[C@]41C[C@@]2(C)C=C4C(=O)OC[C@]41[C@]3(C)C2=O. The summed E-state index contributed by atoms with van der Waals surface area (Å²) in [5, 5.41) is 13.0. The average molecular weight is 427 g/mol. The summed E-state index contributed by atoms with van der Waals surface area (Å²) < 4.78 is 12.3. The second kappa shape index (κ2) is 4.45. The molecule has 166 valence electrons. The summed E-state index contributed by atoms with van der Waals surface area (Å²) in [6.07, 6.45) is 2.91. The molecule has 2 saturated heterocycles. The van der Waals surface area contributed by atoms with Gasteiger partial charge < -0.3 is 14.6 Å². The predicted molar refractivity (Wildman–Crippen MR) is 108 cm³/mol. The zero-order chi connectivity index (χ0) is 22.2. The molecule has 6 heteroatoms. The second-order valence-electron chi connectivity index (χ2n) is 12.7. The summed E-state index contributed by atoms with van der Waals surface area (Å²) in [6.45, 7) is 10.1. The molecule has 0 unspecified atom stereocenters. The Morgan fingerprint density at radius 2 is 1.81 bits per heavy atom. The van der Waals surface area contributed by atoms with Crippen molar-refractivity contribution < 1.29 is 29.0 Å². The summed E-state index contributed by atoms with van der Waals surface area (Å²) in [6, 6.07) is 0. The Labute approximate surface area is 181 Å². The van der Waals surface area contributed by atoms with Crippen molar-refractivity contribution in [3.63, 3.8) is 0 Å². The van der Waals surface area contributed by atoms with Crippen LogP contribution in [0, 0.1) is 38.4 Å². The van der Waals surface area contributed by atoms with E-state index in [9.17, 15) is 19.5 Å². The van der Waals surface area contributed by atoms with Gasteiger partial charge in [-0.1, -0.05) is 26.8 Å². The lowest BCUT2D eigenvalue weighted by molar-refractivity contribution is -0.255. The highest BCUT2D eigenvalue weighted by molar-refractivity contribution is 6.06. The Balaban J connectivity index is 1.59. The fourth-order valence-electron chi connectivity index (χ4n) is 10.8. The van der Waals surface area contributed by atoms with Crippen molar-refractivity contribution in [2.75, 3.05) is 6.61 Å². The van der Waals surface area contributed by atoms with Crippen LogP contribution in [0.4, 0.5) is 0 Å². The number of carbonyl (C=O) groups is 3.